The first-order chi connectivity index (χ1) is 14.7. The van der Waals surface area contributed by atoms with Crippen LogP contribution in [-0.4, -0.2) is 26.3 Å². The van der Waals surface area contributed by atoms with Crippen molar-refractivity contribution in [2.24, 2.45) is 40.4 Å². The Morgan fingerprint density at radius 2 is 1.90 bits per heavy atom. The van der Waals surface area contributed by atoms with E-state index in [1.807, 2.05) is 13.1 Å². The van der Waals surface area contributed by atoms with Crippen molar-refractivity contribution in [2.75, 3.05) is 0 Å². The molecule has 4 saturated carbocycles. The Labute approximate surface area is 187 Å². The summed E-state index contributed by atoms with van der Waals surface area (Å²) >= 11 is 0. The number of carbonyl (C=O) groups excluding carboxylic acids is 1. The third-order valence-corrected chi connectivity index (χ3v) is 10.4. The summed E-state index contributed by atoms with van der Waals surface area (Å²) in [6.45, 7) is 7.33. The second-order valence-corrected chi connectivity index (χ2v) is 12.0. The lowest BCUT2D eigenvalue weighted by Gasteiger charge is -2.61. The van der Waals surface area contributed by atoms with E-state index < -0.39 is 5.60 Å². The van der Waals surface area contributed by atoms with Crippen LogP contribution in [-0.2, 0) is 11.3 Å². The van der Waals surface area contributed by atoms with Crippen LogP contribution >= 0.6 is 0 Å². The number of carbonyl (C=O) groups is 1. The number of nitrogens with zero attached hydrogens (tertiary/aromatic N) is 2. The average molecular weight is 423 g/mol. The summed E-state index contributed by atoms with van der Waals surface area (Å²) in [6.07, 6.45) is 17.5. The Bertz CT molecular complexity index is 911. The maximum Gasteiger partial charge on any atom is 0.157 e. The molecule has 5 rings (SSSR count). The highest BCUT2D eigenvalue weighted by molar-refractivity contribution is 5.82. The van der Waals surface area contributed by atoms with E-state index in [1.54, 1.807) is 10.7 Å². The molecular formula is C27H38N2O2. The van der Waals surface area contributed by atoms with Crippen molar-refractivity contribution in [3.63, 3.8) is 0 Å². The molecule has 0 radical (unpaired) electrons. The summed E-state index contributed by atoms with van der Waals surface area (Å²) in [4.78, 5) is 13.4. The van der Waals surface area contributed by atoms with Gasteiger partial charge in [-0.1, -0.05) is 13.8 Å². The number of hydrogen-bond acceptors (Lipinski definition) is 3. The largest absolute Gasteiger partial charge is 0.390 e. The van der Waals surface area contributed by atoms with Crippen LogP contribution in [0.1, 0.15) is 84.3 Å². The third kappa shape index (κ3) is 3.30. The van der Waals surface area contributed by atoms with Crippen molar-refractivity contribution < 1.29 is 9.90 Å². The van der Waals surface area contributed by atoms with E-state index in [9.17, 15) is 9.90 Å². The normalized spacial score (nSPS) is 46.5. The fourth-order valence-corrected chi connectivity index (χ4v) is 8.76. The standard InChI is InChI=1S/C27H38N2O2/c1-5-19-11-15-29(28-19)17-24(30)23-9-8-21-20-7-6-18-16-25(2,31)13-14-26(18,3)22(20)10-12-27(21,23)4/h1,11,15,18,20-23,31H,6-10,12-14,16-17H2,2-4H3/t18-,20-,21-,22-,23+,25+,26-,27-/m0/s1. The van der Waals surface area contributed by atoms with E-state index in [2.05, 4.69) is 24.9 Å². The quantitative estimate of drug-likeness (QED) is 0.709. The second kappa shape index (κ2) is 7.20. The molecule has 168 valence electrons. The van der Waals surface area contributed by atoms with Crippen molar-refractivity contribution >= 4 is 5.78 Å². The van der Waals surface area contributed by atoms with Crippen LogP contribution in [0.3, 0.4) is 0 Å². The van der Waals surface area contributed by atoms with Gasteiger partial charge >= 0.3 is 0 Å². The maximum atomic E-state index is 13.4. The maximum absolute atomic E-state index is 13.4. The number of rotatable bonds is 3. The van der Waals surface area contributed by atoms with Gasteiger partial charge in [0.15, 0.2) is 5.78 Å². The monoisotopic (exact) mass is 422 g/mol. The van der Waals surface area contributed by atoms with Gasteiger partial charge in [-0.3, -0.25) is 9.48 Å². The van der Waals surface area contributed by atoms with Gasteiger partial charge in [-0.25, -0.2) is 0 Å². The second-order valence-electron chi connectivity index (χ2n) is 12.0. The Morgan fingerprint density at radius 3 is 2.65 bits per heavy atom. The minimum Gasteiger partial charge on any atom is -0.390 e. The van der Waals surface area contributed by atoms with Gasteiger partial charge < -0.3 is 5.11 Å². The van der Waals surface area contributed by atoms with Crippen molar-refractivity contribution in [3.8, 4) is 12.3 Å². The molecule has 4 aliphatic rings. The molecule has 4 heteroatoms. The van der Waals surface area contributed by atoms with Crippen molar-refractivity contribution in [1.82, 2.24) is 9.78 Å². The SMILES string of the molecule is C#Cc1ccn(CC(=O)[C@H]2CC[C@H]3[C@@H]4CC[C@H]5C[C@](C)(O)CC[C@]5(C)[C@H]4CC[C@]23C)n1. The molecule has 4 fully saturated rings. The predicted molar refractivity (Wildman–Crippen MR) is 121 cm³/mol. The van der Waals surface area contributed by atoms with E-state index in [1.165, 1.54) is 32.1 Å². The molecular weight excluding hydrogens is 384 g/mol. The topological polar surface area (TPSA) is 55.1 Å². The number of terminal acetylenes is 1. The smallest absolute Gasteiger partial charge is 0.157 e. The predicted octanol–water partition coefficient (Wildman–Crippen LogP) is 4.84. The molecule has 4 nitrogen and oxygen atoms in total. The van der Waals surface area contributed by atoms with Gasteiger partial charge in [-0.2, -0.15) is 5.10 Å². The summed E-state index contributed by atoms with van der Waals surface area (Å²) in [5, 5.41) is 15.0. The minimum atomic E-state index is -0.475. The number of ketones is 1. The van der Waals surface area contributed by atoms with Crippen LogP contribution in [0.4, 0.5) is 0 Å². The highest BCUT2D eigenvalue weighted by atomic mass is 16.3. The van der Waals surface area contributed by atoms with Crippen molar-refractivity contribution in [2.45, 2.75) is 90.7 Å². The van der Waals surface area contributed by atoms with E-state index >= 15 is 0 Å². The number of aliphatic hydroxyl groups is 1. The first kappa shape index (κ1) is 21.3. The Hall–Kier alpha value is -1.60. The van der Waals surface area contributed by atoms with Gasteiger partial charge in [0, 0.05) is 12.1 Å². The Balaban J connectivity index is 1.34. The molecule has 0 aromatic carbocycles. The lowest BCUT2D eigenvalue weighted by atomic mass is 9.44. The summed E-state index contributed by atoms with van der Waals surface area (Å²) in [5.74, 6) is 5.87. The Morgan fingerprint density at radius 1 is 1.13 bits per heavy atom. The molecule has 0 bridgehead atoms. The zero-order chi connectivity index (χ0) is 22.0. The summed E-state index contributed by atoms with van der Waals surface area (Å²) in [7, 11) is 0. The molecule has 1 heterocycles. The highest BCUT2D eigenvalue weighted by Crippen LogP contribution is 2.68. The van der Waals surface area contributed by atoms with Crippen LogP contribution in [0.15, 0.2) is 12.3 Å². The zero-order valence-corrected chi connectivity index (χ0v) is 19.4. The number of hydrogen-bond donors (Lipinski definition) is 1. The van der Waals surface area contributed by atoms with Gasteiger partial charge in [0.05, 0.1) is 12.1 Å². The molecule has 0 unspecified atom stereocenters. The first-order valence-corrected chi connectivity index (χ1v) is 12.4. The average Bonchev–Trinajstić information content (AvgIpc) is 3.31. The van der Waals surface area contributed by atoms with Gasteiger partial charge in [0.25, 0.3) is 0 Å². The van der Waals surface area contributed by atoms with E-state index in [0.717, 1.165) is 37.5 Å². The van der Waals surface area contributed by atoms with E-state index in [-0.39, 0.29) is 11.3 Å². The minimum absolute atomic E-state index is 0.129. The number of Topliss-reactive ketones (excluding diaryl/α,β-unsaturated/α-hetero) is 1. The van der Waals surface area contributed by atoms with Crippen LogP contribution in [0.2, 0.25) is 0 Å². The first-order valence-electron chi connectivity index (χ1n) is 12.4. The third-order valence-electron chi connectivity index (χ3n) is 10.4. The van der Waals surface area contributed by atoms with Gasteiger partial charge in [0.1, 0.15) is 5.69 Å². The fourth-order valence-electron chi connectivity index (χ4n) is 8.76. The van der Waals surface area contributed by atoms with Gasteiger partial charge in [-0.05, 0) is 111 Å². The van der Waals surface area contributed by atoms with Gasteiger partial charge in [0.2, 0.25) is 0 Å². The molecule has 1 N–H and O–H groups in total. The van der Waals surface area contributed by atoms with Crippen molar-refractivity contribution in [3.05, 3.63) is 18.0 Å². The van der Waals surface area contributed by atoms with Crippen molar-refractivity contribution in [1.29, 1.82) is 0 Å². The summed E-state index contributed by atoms with van der Waals surface area (Å²) in [5.41, 5.74) is 0.621. The van der Waals surface area contributed by atoms with Crippen LogP contribution in [0.25, 0.3) is 0 Å². The molecule has 4 aliphatic carbocycles. The lowest BCUT2D eigenvalue weighted by molar-refractivity contribution is -0.151. The molecule has 8 atom stereocenters. The summed E-state index contributed by atoms with van der Waals surface area (Å²) < 4.78 is 1.72. The Kier molecular flexibility index (Phi) is 4.94. The molecule has 0 aliphatic heterocycles. The van der Waals surface area contributed by atoms with Gasteiger partial charge in [-0.15, -0.1) is 6.42 Å². The number of fused-ring (bicyclic) bond motifs is 5. The van der Waals surface area contributed by atoms with Crippen LogP contribution in [0, 0.1) is 52.8 Å². The molecule has 0 spiro atoms. The zero-order valence-electron chi connectivity index (χ0n) is 19.4. The van der Waals surface area contributed by atoms with E-state index in [4.69, 9.17) is 6.42 Å². The molecule has 1 aromatic heterocycles. The van der Waals surface area contributed by atoms with Crippen LogP contribution < -0.4 is 0 Å². The van der Waals surface area contributed by atoms with Crippen LogP contribution in [0.5, 0.6) is 0 Å². The molecule has 0 amide bonds. The molecule has 1 aromatic rings. The highest BCUT2D eigenvalue weighted by Gasteiger charge is 2.61. The van der Waals surface area contributed by atoms with E-state index in [0.29, 0.717) is 35.3 Å². The molecule has 31 heavy (non-hydrogen) atoms. The summed E-state index contributed by atoms with van der Waals surface area (Å²) in [6, 6.07) is 1.80. The number of aromatic nitrogens is 2. The molecule has 0 saturated heterocycles. The lowest BCUT2D eigenvalue weighted by Crippen LogP contribution is -2.55. The fraction of sp³-hybridized carbons (Fsp3) is 0.778.